The molecule has 7 nitrogen and oxygen atoms in total. The maximum atomic E-state index is 11.5. The first-order chi connectivity index (χ1) is 9.79. The van der Waals surface area contributed by atoms with Crippen molar-refractivity contribution < 1.29 is 29.3 Å². The molecule has 0 spiro atoms. The first kappa shape index (κ1) is 16.6. The van der Waals surface area contributed by atoms with Gasteiger partial charge in [0.1, 0.15) is 6.61 Å². The smallest absolute Gasteiger partial charge is 0.335 e. The van der Waals surface area contributed by atoms with Crippen LogP contribution in [0.15, 0.2) is 18.2 Å². The highest BCUT2D eigenvalue weighted by Gasteiger charge is 2.12. The second-order valence-corrected chi connectivity index (χ2v) is 4.74. The summed E-state index contributed by atoms with van der Waals surface area (Å²) in [6, 6.07) is 3.63. The second-order valence-electron chi connectivity index (χ2n) is 4.74. The zero-order valence-corrected chi connectivity index (χ0v) is 11.8. The number of rotatable bonds is 7. The van der Waals surface area contributed by atoms with Gasteiger partial charge < -0.3 is 19.8 Å². The molecule has 0 radical (unpaired) electrons. The van der Waals surface area contributed by atoms with Crippen LogP contribution in [0.5, 0.6) is 0 Å². The Bertz CT molecular complexity index is 520. The highest BCUT2D eigenvalue weighted by molar-refractivity contribution is 5.94. The highest BCUT2D eigenvalue weighted by atomic mass is 16.5. The van der Waals surface area contributed by atoms with E-state index in [9.17, 15) is 14.4 Å². The summed E-state index contributed by atoms with van der Waals surface area (Å²) in [6.45, 7) is 0.377. The zero-order valence-electron chi connectivity index (χ0n) is 11.8. The molecule has 0 aromatic heterocycles. The molecule has 0 atom stereocenters. The summed E-state index contributed by atoms with van der Waals surface area (Å²) in [5.74, 6) is -2.90. The highest BCUT2D eigenvalue weighted by Crippen LogP contribution is 2.12. The third-order valence-corrected chi connectivity index (χ3v) is 2.65. The van der Waals surface area contributed by atoms with Crippen LogP contribution < -0.4 is 0 Å². The maximum Gasteiger partial charge on any atom is 0.335 e. The van der Waals surface area contributed by atoms with Gasteiger partial charge in [-0.15, -0.1) is 0 Å². The van der Waals surface area contributed by atoms with Crippen LogP contribution in [-0.4, -0.2) is 53.7 Å². The van der Waals surface area contributed by atoms with E-state index in [2.05, 4.69) is 0 Å². The summed E-state index contributed by atoms with van der Waals surface area (Å²) in [6.07, 6.45) is 0.206. The fraction of sp³-hybridized carbons (Fsp3) is 0.357. The van der Waals surface area contributed by atoms with Gasteiger partial charge in [0.2, 0.25) is 0 Å². The monoisotopic (exact) mass is 295 g/mol. The average molecular weight is 295 g/mol. The fourth-order valence-corrected chi connectivity index (χ4v) is 1.57. The molecule has 0 aliphatic rings. The quantitative estimate of drug-likeness (QED) is 0.725. The Hall–Kier alpha value is -2.41. The lowest BCUT2D eigenvalue weighted by atomic mass is 10.1. The average Bonchev–Trinajstić information content (AvgIpc) is 2.42. The topological polar surface area (TPSA) is 104 Å². The van der Waals surface area contributed by atoms with Crippen LogP contribution in [0.3, 0.4) is 0 Å². The van der Waals surface area contributed by atoms with E-state index in [-0.39, 0.29) is 24.2 Å². The lowest BCUT2D eigenvalue weighted by Gasteiger charge is -2.10. The molecule has 1 rings (SSSR count). The number of carbonyl (C=O) groups excluding carboxylic acids is 1. The molecule has 0 aliphatic heterocycles. The van der Waals surface area contributed by atoms with E-state index in [1.807, 2.05) is 19.0 Å². The second kappa shape index (κ2) is 7.39. The van der Waals surface area contributed by atoms with E-state index >= 15 is 0 Å². The molecule has 2 N–H and O–H groups in total. The number of carbonyl (C=O) groups is 3. The van der Waals surface area contributed by atoms with Crippen molar-refractivity contribution >= 4 is 17.9 Å². The minimum atomic E-state index is -1.24. The van der Waals surface area contributed by atoms with Crippen LogP contribution in [0.2, 0.25) is 0 Å². The number of ether oxygens (including phenoxy) is 1. The van der Waals surface area contributed by atoms with Crippen LogP contribution >= 0.6 is 0 Å². The van der Waals surface area contributed by atoms with Crippen molar-refractivity contribution in [2.75, 3.05) is 20.6 Å². The molecule has 7 heteroatoms. The van der Waals surface area contributed by atoms with Crippen molar-refractivity contribution in [3.8, 4) is 0 Å². The number of esters is 1. The van der Waals surface area contributed by atoms with Gasteiger partial charge in [0.15, 0.2) is 0 Å². The van der Waals surface area contributed by atoms with Gasteiger partial charge in [0, 0.05) is 6.54 Å². The number of hydrogen-bond donors (Lipinski definition) is 2. The minimum absolute atomic E-state index is 0.158. The standard InChI is InChI=1S/C14H17NO6/c1-15(2)4-3-12(16)21-8-9-5-10(13(17)18)7-11(6-9)14(19)20/h5-7H,3-4,8H2,1-2H3,(H,17,18)(H,19,20). The molecule has 1 aromatic rings. The van der Waals surface area contributed by atoms with Gasteiger partial charge in [-0.2, -0.15) is 0 Å². The SMILES string of the molecule is CN(C)CCC(=O)OCc1cc(C(=O)O)cc(C(=O)O)c1. The van der Waals surface area contributed by atoms with Crippen molar-refractivity contribution in [1.82, 2.24) is 4.90 Å². The third kappa shape index (κ3) is 5.62. The number of carboxylic acids is 2. The normalized spacial score (nSPS) is 10.4. The van der Waals surface area contributed by atoms with Crippen molar-refractivity contribution in [3.05, 3.63) is 34.9 Å². The molecular formula is C14H17NO6. The van der Waals surface area contributed by atoms with Crippen molar-refractivity contribution in [3.63, 3.8) is 0 Å². The predicted molar refractivity (Wildman–Crippen MR) is 73.3 cm³/mol. The van der Waals surface area contributed by atoms with Crippen LogP contribution in [0.1, 0.15) is 32.7 Å². The maximum absolute atomic E-state index is 11.5. The van der Waals surface area contributed by atoms with Gasteiger partial charge >= 0.3 is 17.9 Å². The summed E-state index contributed by atoms with van der Waals surface area (Å²) in [4.78, 5) is 35.2. The number of aromatic carboxylic acids is 2. The lowest BCUT2D eigenvalue weighted by Crippen LogP contribution is -2.18. The van der Waals surface area contributed by atoms with E-state index in [0.717, 1.165) is 6.07 Å². The molecule has 21 heavy (non-hydrogen) atoms. The largest absolute Gasteiger partial charge is 0.478 e. The van der Waals surface area contributed by atoms with E-state index < -0.39 is 17.9 Å². The van der Waals surface area contributed by atoms with E-state index in [1.165, 1.54) is 12.1 Å². The van der Waals surface area contributed by atoms with Crippen LogP contribution in [-0.2, 0) is 16.1 Å². The van der Waals surface area contributed by atoms with Crippen LogP contribution in [0.4, 0.5) is 0 Å². The first-order valence-electron chi connectivity index (χ1n) is 6.20. The lowest BCUT2D eigenvalue weighted by molar-refractivity contribution is -0.145. The Labute approximate surface area is 121 Å². The van der Waals surface area contributed by atoms with E-state index in [4.69, 9.17) is 14.9 Å². The van der Waals surface area contributed by atoms with Gasteiger partial charge in [0.05, 0.1) is 17.5 Å². The Morgan fingerprint density at radius 2 is 1.57 bits per heavy atom. The van der Waals surface area contributed by atoms with Gasteiger partial charge in [-0.25, -0.2) is 9.59 Å². The molecule has 1 aromatic carbocycles. The Balaban J connectivity index is 2.76. The zero-order chi connectivity index (χ0) is 16.0. The summed E-state index contributed by atoms with van der Waals surface area (Å²) < 4.78 is 5.00. The van der Waals surface area contributed by atoms with Gasteiger partial charge in [-0.05, 0) is 37.9 Å². The molecule has 0 bridgehead atoms. The number of hydrogen-bond acceptors (Lipinski definition) is 5. The Kier molecular flexibility index (Phi) is 5.86. The number of benzene rings is 1. The van der Waals surface area contributed by atoms with Gasteiger partial charge in [-0.1, -0.05) is 0 Å². The summed E-state index contributed by atoms with van der Waals surface area (Å²) >= 11 is 0. The molecule has 0 saturated carbocycles. The van der Waals surface area contributed by atoms with E-state index in [0.29, 0.717) is 12.1 Å². The summed E-state index contributed by atoms with van der Waals surface area (Å²) in [7, 11) is 3.64. The molecule has 0 saturated heterocycles. The van der Waals surface area contributed by atoms with Gasteiger partial charge in [0.25, 0.3) is 0 Å². The molecule has 114 valence electrons. The number of nitrogens with zero attached hydrogens (tertiary/aromatic N) is 1. The summed E-state index contributed by atoms with van der Waals surface area (Å²) in [5.41, 5.74) is 0.00832. The van der Waals surface area contributed by atoms with Crippen molar-refractivity contribution in [2.45, 2.75) is 13.0 Å². The molecule has 0 heterocycles. The predicted octanol–water partition coefficient (Wildman–Crippen LogP) is 1.08. The Morgan fingerprint density at radius 3 is 2.00 bits per heavy atom. The van der Waals surface area contributed by atoms with E-state index in [1.54, 1.807) is 0 Å². The van der Waals surface area contributed by atoms with Crippen molar-refractivity contribution in [2.24, 2.45) is 0 Å². The summed E-state index contributed by atoms with van der Waals surface area (Å²) in [5, 5.41) is 17.9. The first-order valence-corrected chi connectivity index (χ1v) is 6.20. The van der Waals surface area contributed by atoms with Crippen molar-refractivity contribution in [1.29, 1.82) is 0 Å². The Morgan fingerprint density at radius 1 is 1.05 bits per heavy atom. The van der Waals surface area contributed by atoms with Crippen LogP contribution in [0, 0.1) is 0 Å². The molecular weight excluding hydrogens is 278 g/mol. The molecule has 0 aliphatic carbocycles. The molecule has 0 amide bonds. The minimum Gasteiger partial charge on any atom is -0.478 e. The fourth-order valence-electron chi connectivity index (χ4n) is 1.57. The van der Waals surface area contributed by atoms with Crippen LogP contribution in [0.25, 0.3) is 0 Å². The third-order valence-electron chi connectivity index (χ3n) is 2.65. The molecule has 0 unspecified atom stereocenters. The molecule has 0 fully saturated rings. The number of carboxylic acid groups (broad SMARTS) is 2. The van der Waals surface area contributed by atoms with Gasteiger partial charge in [-0.3, -0.25) is 4.79 Å².